The van der Waals surface area contributed by atoms with Crippen LogP contribution in [0.15, 0.2) is 41.5 Å². The second kappa shape index (κ2) is 8.58. The summed E-state index contributed by atoms with van der Waals surface area (Å²) in [6.07, 6.45) is 1.41. The molecule has 7 heteroatoms. The van der Waals surface area contributed by atoms with Gasteiger partial charge in [0.1, 0.15) is 5.75 Å². The number of rotatable bonds is 7. The minimum Gasteiger partial charge on any atom is -0.502 e. The van der Waals surface area contributed by atoms with Crippen molar-refractivity contribution in [1.29, 1.82) is 0 Å². The van der Waals surface area contributed by atoms with Gasteiger partial charge in [0.25, 0.3) is 5.91 Å². The molecule has 2 aromatic carbocycles. The molecular formula is C18H20N2O5. The molecule has 0 aliphatic rings. The predicted molar refractivity (Wildman–Crippen MR) is 93.6 cm³/mol. The Kier molecular flexibility index (Phi) is 6.22. The predicted octanol–water partition coefficient (Wildman–Crippen LogP) is 2.25. The monoisotopic (exact) mass is 344 g/mol. The van der Waals surface area contributed by atoms with Crippen LogP contribution in [0, 0.1) is 6.92 Å². The number of carbonyl (C=O) groups is 1. The van der Waals surface area contributed by atoms with Crippen LogP contribution in [-0.4, -0.2) is 38.1 Å². The molecule has 25 heavy (non-hydrogen) atoms. The fourth-order valence-electron chi connectivity index (χ4n) is 2.05. The van der Waals surface area contributed by atoms with E-state index in [0.29, 0.717) is 11.3 Å². The van der Waals surface area contributed by atoms with Crippen molar-refractivity contribution < 1.29 is 24.1 Å². The summed E-state index contributed by atoms with van der Waals surface area (Å²) in [6.45, 7) is 1.79. The van der Waals surface area contributed by atoms with E-state index in [2.05, 4.69) is 10.5 Å². The van der Waals surface area contributed by atoms with E-state index in [4.69, 9.17) is 14.2 Å². The van der Waals surface area contributed by atoms with Gasteiger partial charge in [-0.15, -0.1) is 0 Å². The van der Waals surface area contributed by atoms with Crippen molar-refractivity contribution in [2.24, 2.45) is 5.10 Å². The summed E-state index contributed by atoms with van der Waals surface area (Å²) in [7, 11) is 2.86. The Bertz CT molecular complexity index is 749. The number of hydrazone groups is 1. The first-order chi connectivity index (χ1) is 12.0. The average Bonchev–Trinajstić information content (AvgIpc) is 2.61. The van der Waals surface area contributed by atoms with Crippen molar-refractivity contribution in [3.8, 4) is 23.0 Å². The fourth-order valence-corrected chi connectivity index (χ4v) is 2.05. The minimum absolute atomic E-state index is 0.0993. The lowest BCUT2D eigenvalue weighted by Crippen LogP contribution is -2.24. The van der Waals surface area contributed by atoms with Gasteiger partial charge in [0.15, 0.2) is 18.1 Å². The SMILES string of the molecule is COc1cc(C=NNC(=O)COc2cccc(C)c2)cc(OC)c1O. The summed E-state index contributed by atoms with van der Waals surface area (Å²) in [4.78, 5) is 11.8. The van der Waals surface area contributed by atoms with Crippen LogP contribution in [0.1, 0.15) is 11.1 Å². The maximum absolute atomic E-state index is 11.8. The van der Waals surface area contributed by atoms with Crippen LogP contribution in [-0.2, 0) is 4.79 Å². The van der Waals surface area contributed by atoms with Crippen LogP contribution in [0.25, 0.3) is 0 Å². The van der Waals surface area contributed by atoms with Crippen LogP contribution in [0.4, 0.5) is 0 Å². The van der Waals surface area contributed by atoms with Crippen molar-refractivity contribution in [1.82, 2.24) is 5.43 Å². The van der Waals surface area contributed by atoms with Crippen molar-refractivity contribution in [3.05, 3.63) is 47.5 Å². The van der Waals surface area contributed by atoms with E-state index < -0.39 is 5.91 Å². The molecule has 0 aliphatic carbocycles. The molecule has 0 unspecified atom stereocenters. The number of ether oxygens (including phenoxy) is 3. The zero-order chi connectivity index (χ0) is 18.2. The molecule has 0 bridgehead atoms. The van der Waals surface area contributed by atoms with E-state index in [1.165, 1.54) is 20.4 Å². The molecule has 2 rings (SSSR count). The maximum atomic E-state index is 11.8. The zero-order valence-corrected chi connectivity index (χ0v) is 14.3. The number of nitrogens with one attached hydrogen (secondary N) is 1. The van der Waals surface area contributed by atoms with Crippen molar-refractivity contribution >= 4 is 12.1 Å². The number of aromatic hydroxyl groups is 1. The molecule has 0 heterocycles. The van der Waals surface area contributed by atoms with Gasteiger partial charge in [-0.25, -0.2) is 5.43 Å². The van der Waals surface area contributed by atoms with Crippen LogP contribution in [0.3, 0.4) is 0 Å². The smallest absolute Gasteiger partial charge is 0.277 e. The molecule has 1 amide bonds. The lowest BCUT2D eigenvalue weighted by atomic mass is 10.2. The third kappa shape index (κ3) is 5.13. The fraction of sp³-hybridized carbons (Fsp3) is 0.222. The summed E-state index contributed by atoms with van der Waals surface area (Å²) in [5, 5.41) is 13.7. The number of phenolic OH excluding ortho intramolecular Hbond substituents is 1. The molecule has 2 aromatic rings. The molecule has 2 N–H and O–H groups in total. The van der Waals surface area contributed by atoms with E-state index in [-0.39, 0.29) is 23.9 Å². The van der Waals surface area contributed by atoms with E-state index in [1.807, 2.05) is 25.1 Å². The molecule has 7 nitrogen and oxygen atoms in total. The van der Waals surface area contributed by atoms with Gasteiger partial charge in [0, 0.05) is 5.56 Å². The molecule has 0 atom stereocenters. The number of hydrogen-bond acceptors (Lipinski definition) is 6. The normalized spacial score (nSPS) is 10.5. The molecule has 0 saturated heterocycles. The highest BCUT2D eigenvalue weighted by Crippen LogP contribution is 2.36. The number of amides is 1. The van der Waals surface area contributed by atoms with Crippen LogP contribution >= 0.6 is 0 Å². The van der Waals surface area contributed by atoms with Gasteiger partial charge < -0.3 is 19.3 Å². The van der Waals surface area contributed by atoms with E-state index in [0.717, 1.165) is 5.56 Å². The number of methoxy groups -OCH3 is 2. The summed E-state index contributed by atoms with van der Waals surface area (Å²) in [5.41, 5.74) is 4.00. The van der Waals surface area contributed by atoms with Crippen LogP contribution in [0.2, 0.25) is 0 Å². The highest BCUT2D eigenvalue weighted by Gasteiger charge is 2.10. The third-order valence-corrected chi connectivity index (χ3v) is 3.26. The third-order valence-electron chi connectivity index (χ3n) is 3.26. The first-order valence-electron chi connectivity index (χ1n) is 7.50. The number of phenols is 1. The number of nitrogens with zero attached hydrogens (tertiary/aromatic N) is 1. The first kappa shape index (κ1) is 18.1. The highest BCUT2D eigenvalue weighted by molar-refractivity contribution is 5.84. The second-order valence-electron chi connectivity index (χ2n) is 5.17. The first-order valence-corrected chi connectivity index (χ1v) is 7.50. The largest absolute Gasteiger partial charge is 0.502 e. The second-order valence-corrected chi connectivity index (χ2v) is 5.17. The highest BCUT2D eigenvalue weighted by atomic mass is 16.5. The molecular weight excluding hydrogens is 324 g/mol. The minimum atomic E-state index is -0.393. The molecule has 0 spiro atoms. The lowest BCUT2D eigenvalue weighted by molar-refractivity contribution is -0.123. The van der Waals surface area contributed by atoms with E-state index >= 15 is 0 Å². The number of aryl methyl sites for hydroxylation is 1. The summed E-state index contributed by atoms with van der Waals surface area (Å²) >= 11 is 0. The van der Waals surface area contributed by atoms with Crippen molar-refractivity contribution in [3.63, 3.8) is 0 Å². The Morgan fingerprint density at radius 3 is 2.48 bits per heavy atom. The van der Waals surface area contributed by atoms with Gasteiger partial charge in [-0.2, -0.15) is 5.10 Å². The molecule has 0 radical (unpaired) electrons. The van der Waals surface area contributed by atoms with Gasteiger partial charge in [-0.3, -0.25) is 4.79 Å². The maximum Gasteiger partial charge on any atom is 0.277 e. The Balaban J connectivity index is 1.93. The van der Waals surface area contributed by atoms with Crippen molar-refractivity contribution in [2.75, 3.05) is 20.8 Å². The van der Waals surface area contributed by atoms with E-state index in [1.54, 1.807) is 18.2 Å². The summed E-state index contributed by atoms with van der Waals surface area (Å²) < 4.78 is 15.5. The van der Waals surface area contributed by atoms with Gasteiger partial charge in [-0.05, 0) is 36.8 Å². The lowest BCUT2D eigenvalue weighted by Gasteiger charge is -2.09. The van der Waals surface area contributed by atoms with Crippen LogP contribution in [0.5, 0.6) is 23.0 Å². The average molecular weight is 344 g/mol. The Hall–Kier alpha value is -3.22. The molecule has 0 aromatic heterocycles. The van der Waals surface area contributed by atoms with Crippen molar-refractivity contribution in [2.45, 2.75) is 6.92 Å². The Morgan fingerprint density at radius 2 is 1.88 bits per heavy atom. The quantitative estimate of drug-likeness (QED) is 0.594. The van der Waals surface area contributed by atoms with Crippen LogP contribution < -0.4 is 19.6 Å². The standard InChI is InChI=1S/C18H20N2O5/c1-12-5-4-6-14(7-12)25-11-17(21)20-19-10-13-8-15(23-2)18(22)16(9-13)24-3/h4-10,22H,11H2,1-3H3,(H,20,21). The number of carbonyl (C=O) groups excluding carboxylic acids is 1. The topological polar surface area (TPSA) is 89.4 Å². The number of hydrogen-bond donors (Lipinski definition) is 2. The van der Waals surface area contributed by atoms with Gasteiger partial charge in [-0.1, -0.05) is 12.1 Å². The molecule has 0 aliphatic heterocycles. The van der Waals surface area contributed by atoms with Gasteiger partial charge >= 0.3 is 0 Å². The van der Waals surface area contributed by atoms with Gasteiger partial charge in [0.2, 0.25) is 5.75 Å². The number of benzene rings is 2. The van der Waals surface area contributed by atoms with E-state index in [9.17, 15) is 9.90 Å². The zero-order valence-electron chi connectivity index (χ0n) is 14.3. The van der Waals surface area contributed by atoms with Gasteiger partial charge in [0.05, 0.1) is 20.4 Å². The summed E-state index contributed by atoms with van der Waals surface area (Å²) in [5.74, 6) is 0.616. The molecule has 0 saturated carbocycles. The Labute approximate surface area is 145 Å². The Morgan fingerprint density at radius 1 is 1.20 bits per heavy atom. The molecule has 0 fully saturated rings. The molecule has 132 valence electrons. The summed E-state index contributed by atoms with van der Waals surface area (Å²) in [6, 6.07) is 10.5.